The number of pyridine rings is 1. The molecule has 5 heteroatoms. The zero-order valence-corrected chi connectivity index (χ0v) is 18.7. The molecule has 0 N–H and O–H groups in total. The predicted molar refractivity (Wildman–Crippen MR) is 108 cm³/mol. The fraction of sp³-hybridized carbons (Fsp3) is 0.391. The lowest BCUT2D eigenvalue weighted by Crippen LogP contribution is -3.00. The first-order valence-corrected chi connectivity index (χ1v) is 9.90. The SMILES string of the molecule is C[n+]1cccc(C(=O)OCCCCCCCCn2ccc3ccccc32)c1.[I-]. The van der Waals surface area contributed by atoms with E-state index in [4.69, 9.17) is 4.74 Å². The summed E-state index contributed by atoms with van der Waals surface area (Å²) in [5.74, 6) is -0.231. The van der Waals surface area contributed by atoms with Crippen LogP contribution in [-0.4, -0.2) is 17.1 Å². The van der Waals surface area contributed by atoms with E-state index in [1.165, 1.54) is 36.6 Å². The van der Waals surface area contributed by atoms with Gasteiger partial charge in [0.1, 0.15) is 12.6 Å². The molecule has 0 saturated heterocycles. The van der Waals surface area contributed by atoms with Crippen molar-refractivity contribution in [2.45, 2.75) is 45.1 Å². The van der Waals surface area contributed by atoms with Gasteiger partial charge in [-0.05, 0) is 36.4 Å². The highest BCUT2D eigenvalue weighted by atomic mass is 127. The van der Waals surface area contributed by atoms with Crippen molar-refractivity contribution in [2.24, 2.45) is 7.05 Å². The van der Waals surface area contributed by atoms with Gasteiger partial charge < -0.3 is 33.3 Å². The van der Waals surface area contributed by atoms with Crippen molar-refractivity contribution in [2.75, 3.05) is 6.61 Å². The van der Waals surface area contributed by atoms with Crippen molar-refractivity contribution in [1.29, 1.82) is 0 Å². The Hall–Kier alpha value is -1.89. The molecule has 0 atom stereocenters. The summed E-state index contributed by atoms with van der Waals surface area (Å²) in [5, 5.41) is 1.32. The van der Waals surface area contributed by atoms with Crippen molar-refractivity contribution in [3.8, 4) is 0 Å². The second-order valence-corrected chi connectivity index (χ2v) is 7.08. The number of ether oxygens (including phenoxy) is 1. The molecule has 0 aliphatic rings. The summed E-state index contributed by atoms with van der Waals surface area (Å²) < 4.78 is 9.54. The Morgan fingerprint density at radius 3 is 2.54 bits per heavy atom. The number of aryl methyl sites for hydroxylation is 2. The average molecular weight is 492 g/mol. The number of para-hydroxylation sites is 1. The number of benzene rings is 1. The molecule has 0 bridgehead atoms. The molecule has 0 spiro atoms. The lowest BCUT2D eigenvalue weighted by molar-refractivity contribution is -0.671. The van der Waals surface area contributed by atoms with Gasteiger partial charge in [-0.1, -0.05) is 43.9 Å². The van der Waals surface area contributed by atoms with E-state index in [0.29, 0.717) is 12.2 Å². The van der Waals surface area contributed by atoms with Gasteiger partial charge in [-0.25, -0.2) is 9.36 Å². The van der Waals surface area contributed by atoms with Gasteiger partial charge >= 0.3 is 5.97 Å². The molecule has 2 heterocycles. The molecule has 28 heavy (non-hydrogen) atoms. The Morgan fingerprint density at radius 2 is 1.71 bits per heavy atom. The maximum atomic E-state index is 11.9. The summed E-state index contributed by atoms with van der Waals surface area (Å²) in [6, 6.07) is 14.4. The standard InChI is InChI=1S/C23H29N2O2.HI/c1-24-15-10-12-21(19-24)23(26)27-18-9-5-3-2-4-8-16-25-17-14-20-11-6-7-13-22(20)25;/h6-7,10-15,17,19H,2-5,8-9,16,18H2,1H3;1H/q+1;/p-1. The second kappa shape index (κ2) is 11.8. The molecule has 0 amide bonds. The number of nitrogens with zero attached hydrogens (tertiary/aromatic N) is 2. The molecule has 150 valence electrons. The number of unbranched alkanes of at least 4 members (excludes halogenated alkanes) is 5. The molecule has 0 radical (unpaired) electrons. The maximum absolute atomic E-state index is 11.9. The number of carbonyl (C=O) groups excluding carboxylic acids is 1. The number of esters is 1. The van der Waals surface area contributed by atoms with E-state index < -0.39 is 0 Å². The predicted octanol–water partition coefficient (Wildman–Crippen LogP) is 1.67. The van der Waals surface area contributed by atoms with E-state index in [1.807, 2.05) is 23.9 Å². The lowest BCUT2D eigenvalue weighted by Gasteiger charge is -2.06. The van der Waals surface area contributed by atoms with E-state index >= 15 is 0 Å². The quantitative estimate of drug-likeness (QED) is 0.187. The molecular weight excluding hydrogens is 463 g/mol. The summed E-state index contributed by atoms with van der Waals surface area (Å²) in [4.78, 5) is 11.9. The maximum Gasteiger partial charge on any atom is 0.344 e. The van der Waals surface area contributed by atoms with Crippen molar-refractivity contribution in [3.63, 3.8) is 0 Å². The third kappa shape index (κ3) is 6.62. The Labute approximate surface area is 184 Å². The minimum Gasteiger partial charge on any atom is -1.00 e. The Bertz CT molecular complexity index is 876. The average Bonchev–Trinajstić information content (AvgIpc) is 3.09. The highest BCUT2D eigenvalue weighted by molar-refractivity contribution is 5.88. The van der Waals surface area contributed by atoms with Crippen LogP contribution in [0.3, 0.4) is 0 Å². The van der Waals surface area contributed by atoms with Crippen LogP contribution in [0.5, 0.6) is 0 Å². The topological polar surface area (TPSA) is 35.1 Å². The van der Waals surface area contributed by atoms with Gasteiger partial charge in [0.05, 0.1) is 6.61 Å². The summed E-state index contributed by atoms with van der Waals surface area (Å²) in [5.41, 5.74) is 1.93. The monoisotopic (exact) mass is 492 g/mol. The highest BCUT2D eigenvalue weighted by Crippen LogP contribution is 2.16. The summed E-state index contributed by atoms with van der Waals surface area (Å²) >= 11 is 0. The van der Waals surface area contributed by atoms with Crippen LogP contribution in [0.4, 0.5) is 0 Å². The number of carbonyl (C=O) groups is 1. The van der Waals surface area contributed by atoms with Gasteiger partial charge in [0.25, 0.3) is 0 Å². The molecule has 3 rings (SSSR count). The van der Waals surface area contributed by atoms with E-state index in [9.17, 15) is 4.79 Å². The number of rotatable bonds is 10. The van der Waals surface area contributed by atoms with E-state index in [1.54, 1.807) is 12.3 Å². The first-order valence-electron chi connectivity index (χ1n) is 9.90. The van der Waals surface area contributed by atoms with Crippen LogP contribution in [0, 0.1) is 0 Å². The van der Waals surface area contributed by atoms with E-state index in [2.05, 4.69) is 41.1 Å². The van der Waals surface area contributed by atoms with Crippen molar-refractivity contribution < 1.29 is 38.1 Å². The molecule has 1 aromatic carbocycles. The molecule has 0 saturated carbocycles. The van der Waals surface area contributed by atoms with Crippen LogP contribution in [0.1, 0.15) is 48.9 Å². The molecule has 4 nitrogen and oxygen atoms in total. The van der Waals surface area contributed by atoms with Crippen LogP contribution < -0.4 is 28.5 Å². The summed E-state index contributed by atoms with van der Waals surface area (Å²) in [6.07, 6.45) is 12.8. The molecule has 0 fully saturated rings. The minimum atomic E-state index is -0.231. The molecular formula is C23H29IN2O2. The molecule has 2 aromatic heterocycles. The first-order chi connectivity index (χ1) is 13.2. The van der Waals surface area contributed by atoms with Gasteiger partial charge in [-0.2, -0.15) is 0 Å². The van der Waals surface area contributed by atoms with Crippen molar-refractivity contribution in [1.82, 2.24) is 4.57 Å². The number of hydrogen-bond acceptors (Lipinski definition) is 2. The minimum absolute atomic E-state index is 0. The van der Waals surface area contributed by atoms with E-state index in [-0.39, 0.29) is 29.9 Å². The lowest BCUT2D eigenvalue weighted by atomic mass is 10.1. The van der Waals surface area contributed by atoms with Gasteiger partial charge in [-0.3, -0.25) is 0 Å². The van der Waals surface area contributed by atoms with Crippen LogP contribution in [0.25, 0.3) is 10.9 Å². The van der Waals surface area contributed by atoms with Gasteiger partial charge in [-0.15, -0.1) is 0 Å². The zero-order valence-electron chi connectivity index (χ0n) is 16.5. The van der Waals surface area contributed by atoms with Crippen molar-refractivity contribution in [3.05, 3.63) is 66.6 Å². The van der Waals surface area contributed by atoms with Crippen molar-refractivity contribution >= 4 is 16.9 Å². The Morgan fingerprint density at radius 1 is 0.964 bits per heavy atom. The molecule has 0 aliphatic carbocycles. The van der Waals surface area contributed by atoms with Gasteiger partial charge in [0.15, 0.2) is 12.4 Å². The molecule has 0 unspecified atom stereocenters. The van der Waals surface area contributed by atoms with Gasteiger partial charge in [0, 0.05) is 24.3 Å². The normalized spacial score (nSPS) is 10.6. The van der Waals surface area contributed by atoms with Gasteiger partial charge in [0.2, 0.25) is 0 Å². The number of fused-ring (bicyclic) bond motifs is 1. The van der Waals surface area contributed by atoms with E-state index in [0.717, 1.165) is 19.4 Å². The summed E-state index contributed by atoms with van der Waals surface area (Å²) in [6.45, 7) is 1.59. The fourth-order valence-electron chi connectivity index (χ4n) is 3.38. The number of halogens is 1. The number of aromatic nitrogens is 2. The molecule has 3 aromatic rings. The molecule has 0 aliphatic heterocycles. The first kappa shape index (κ1) is 22.4. The van der Waals surface area contributed by atoms with Crippen LogP contribution >= 0.6 is 0 Å². The fourth-order valence-corrected chi connectivity index (χ4v) is 3.38. The van der Waals surface area contributed by atoms with Crippen LogP contribution in [0.15, 0.2) is 61.1 Å². The Balaban J connectivity index is 0.00000280. The zero-order chi connectivity index (χ0) is 18.9. The van der Waals surface area contributed by atoms with Crippen LogP contribution in [0.2, 0.25) is 0 Å². The second-order valence-electron chi connectivity index (χ2n) is 7.08. The smallest absolute Gasteiger partial charge is 0.344 e. The summed E-state index contributed by atoms with van der Waals surface area (Å²) in [7, 11) is 1.90. The third-order valence-electron chi connectivity index (χ3n) is 4.88. The third-order valence-corrected chi connectivity index (χ3v) is 4.88. The largest absolute Gasteiger partial charge is 1.00 e. The van der Waals surface area contributed by atoms with Crippen LogP contribution in [-0.2, 0) is 18.3 Å². The number of hydrogen-bond donors (Lipinski definition) is 0. The Kier molecular flexibility index (Phi) is 9.47. The highest BCUT2D eigenvalue weighted by Gasteiger charge is 2.09.